The molecule has 0 amide bonds. The second kappa shape index (κ2) is 6.48. The van der Waals surface area contributed by atoms with Gasteiger partial charge in [0.05, 0.1) is 10.0 Å². The normalized spacial score (nSPS) is 10.3. The van der Waals surface area contributed by atoms with Crippen LogP contribution in [0.2, 0.25) is 10.0 Å². The minimum absolute atomic E-state index is 0.0246. The van der Waals surface area contributed by atoms with Gasteiger partial charge in [-0.05, 0) is 33.6 Å². The van der Waals surface area contributed by atoms with E-state index >= 15 is 0 Å². The molecule has 20 heavy (non-hydrogen) atoms. The van der Waals surface area contributed by atoms with Gasteiger partial charge >= 0.3 is 0 Å². The van der Waals surface area contributed by atoms with Crippen molar-refractivity contribution < 1.29 is 4.74 Å². The molecule has 0 aliphatic carbocycles. The van der Waals surface area contributed by atoms with Crippen LogP contribution in [0.5, 0.6) is 5.75 Å². The lowest BCUT2D eigenvalue weighted by molar-refractivity contribution is 0.306. The van der Waals surface area contributed by atoms with Crippen molar-refractivity contribution in [3.8, 4) is 5.75 Å². The molecule has 0 atom stereocenters. The van der Waals surface area contributed by atoms with E-state index in [0.29, 0.717) is 28.0 Å². The Bertz CT molecular complexity index is 662. The van der Waals surface area contributed by atoms with Gasteiger partial charge in [0.2, 0.25) is 0 Å². The molecule has 104 valence electrons. The van der Waals surface area contributed by atoms with Crippen LogP contribution < -0.4 is 10.5 Å². The fourth-order valence-corrected chi connectivity index (χ4v) is 2.45. The van der Waals surface area contributed by atoms with Crippen molar-refractivity contribution in [2.45, 2.75) is 6.61 Å². The fourth-order valence-electron chi connectivity index (χ4n) is 1.60. The maximum Gasteiger partial charge on any atom is 0.139 e. The van der Waals surface area contributed by atoms with Crippen molar-refractivity contribution in [1.29, 1.82) is 5.41 Å². The molecule has 0 fully saturated rings. The summed E-state index contributed by atoms with van der Waals surface area (Å²) in [6.45, 7) is 0.318. The Morgan fingerprint density at radius 1 is 1.20 bits per heavy atom. The number of rotatable bonds is 4. The largest absolute Gasteiger partial charge is 0.487 e. The second-order valence-electron chi connectivity index (χ2n) is 4.10. The molecular weight excluding hydrogens is 363 g/mol. The van der Waals surface area contributed by atoms with Crippen LogP contribution in [-0.4, -0.2) is 5.84 Å². The van der Waals surface area contributed by atoms with E-state index in [2.05, 4.69) is 15.9 Å². The molecule has 0 aliphatic rings. The van der Waals surface area contributed by atoms with Gasteiger partial charge in [-0.3, -0.25) is 5.41 Å². The van der Waals surface area contributed by atoms with E-state index in [1.165, 1.54) is 0 Å². The molecule has 0 saturated heterocycles. The van der Waals surface area contributed by atoms with Gasteiger partial charge in [-0.25, -0.2) is 0 Å². The lowest BCUT2D eigenvalue weighted by Crippen LogP contribution is -2.11. The van der Waals surface area contributed by atoms with Crippen LogP contribution in [0.1, 0.15) is 11.1 Å². The summed E-state index contributed by atoms with van der Waals surface area (Å²) in [5.41, 5.74) is 7.00. The number of halogens is 3. The Hall–Kier alpha value is -1.23. The number of nitrogens with one attached hydrogen (secondary N) is 1. The van der Waals surface area contributed by atoms with Crippen molar-refractivity contribution in [3.05, 3.63) is 62.0 Å². The summed E-state index contributed by atoms with van der Waals surface area (Å²) in [5, 5.41) is 8.41. The maximum absolute atomic E-state index is 7.41. The van der Waals surface area contributed by atoms with E-state index in [-0.39, 0.29) is 5.84 Å². The minimum atomic E-state index is 0.0246. The average Bonchev–Trinajstić information content (AvgIpc) is 2.41. The van der Waals surface area contributed by atoms with Gasteiger partial charge in [0, 0.05) is 16.1 Å². The third-order valence-electron chi connectivity index (χ3n) is 2.61. The van der Waals surface area contributed by atoms with Crippen LogP contribution in [0.25, 0.3) is 0 Å². The molecule has 0 unspecified atom stereocenters. The predicted octanol–water partition coefficient (Wildman–Crippen LogP) is 4.62. The summed E-state index contributed by atoms with van der Waals surface area (Å²) in [6.07, 6.45) is 0. The molecule has 0 aliphatic heterocycles. The first kappa shape index (κ1) is 15.2. The SMILES string of the molecule is N=C(N)c1cccc(COc2cc(Cl)c(Br)cc2Cl)c1. The van der Waals surface area contributed by atoms with E-state index in [4.69, 9.17) is 39.1 Å². The summed E-state index contributed by atoms with van der Waals surface area (Å²) in [5.74, 6) is 0.532. The molecule has 0 bridgehead atoms. The van der Waals surface area contributed by atoms with Crippen molar-refractivity contribution in [2.75, 3.05) is 0 Å². The van der Waals surface area contributed by atoms with Crippen molar-refractivity contribution in [3.63, 3.8) is 0 Å². The summed E-state index contributed by atoms with van der Waals surface area (Å²) in [7, 11) is 0. The van der Waals surface area contributed by atoms with E-state index < -0.39 is 0 Å². The van der Waals surface area contributed by atoms with Crippen LogP contribution in [0.4, 0.5) is 0 Å². The van der Waals surface area contributed by atoms with E-state index in [0.717, 1.165) is 10.0 Å². The van der Waals surface area contributed by atoms with Gasteiger partial charge in [0.15, 0.2) is 0 Å². The Morgan fingerprint density at radius 2 is 1.95 bits per heavy atom. The number of benzene rings is 2. The molecule has 0 heterocycles. The fraction of sp³-hybridized carbons (Fsp3) is 0.0714. The Balaban J connectivity index is 2.15. The van der Waals surface area contributed by atoms with Crippen molar-refractivity contribution in [2.24, 2.45) is 5.73 Å². The summed E-state index contributed by atoms with van der Waals surface area (Å²) < 4.78 is 6.36. The zero-order valence-electron chi connectivity index (χ0n) is 10.3. The minimum Gasteiger partial charge on any atom is -0.487 e. The molecule has 2 rings (SSSR count). The number of nitrogen functional groups attached to an aromatic ring is 1. The van der Waals surface area contributed by atoms with Crippen LogP contribution in [0.3, 0.4) is 0 Å². The first-order chi connectivity index (χ1) is 9.47. The van der Waals surface area contributed by atoms with Gasteiger partial charge in [0.1, 0.15) is 18.2 Å². The van der Waals surface area contributed by atoms with Crippen molar-refractivity contribution in [1.82, 2.24) is 0 Å². The van der Waals surface area contributed by atoms with Gasteiger partial charge in [-0.1, -0.05) is 41.4 Å². The Kier molecular flexibility index (Phi) is 4.91. The average molecular weight is 374 g/mol. The topological polar surface area (TPSA) is 59.1 Å². The van der Waals surface area contributed by atoms with Crippen molar-refractivity contribution >= 4 is 45.0 Å². The smallest absolute Gasteiger partial charge is 0.139 e. The molecule has 0 aromatic heterocycles. The van der Waals surface area contributed by atoms with Gasteiger partial charge in [0.25, 0.3) is 0 Å². The van der Waals surface area contributed by atoms with Gasteiger partial charge < -0.3 is 10.5 Å². The Labute approximate surface area is 135 Å². The first-order valence-electron chi connectivity index (χ1n) is 5.68. The summed E-state index contributed by atoms with van der Waals surface area (Å²) in [4.78, 5) is 0. The quantitative estimate of drug-likeness (QED) is 0.466. The van der Waals surface area contributed by atoms with Crippen LogP contribution >= 0.6 is 39.1 Å². The van der Waals surface area contributed by atoms with Crippen LogP contribution in [-0.2, 0) is 6.61 Å². The van der Waals surface area contributed by atoms with Crippen LogP contribution in [0, 0.1) is 5.41 Å². The maximum atomic E-state index is 7.41. The van der Waals surface area contributed by atoms with Crippen LogP contribution in [0.15, 0.2) is 40.9 Å². The highest BCUT2D eigenvalue weighted by Crippen LogP contribution is 2.34. The van der Waals surface area contributed by atoms with E-state index in [1.54, 1.807) is 24.3 Å². The molecule has 0 spiro atoms. The zero-order chi connectivity index (χ0) is 14.7. The summed E-state index contributed by atoms with van der Waals surface area (Å²) >= 11 is 15.4. The first-order valence-corrected chi connectivity index (χ1v) is 7.23. The number of ether oxygens (including phenoxy) is 1. The third-order valence-corrected chi connectivity index (χ3v) is 4.10. The highest BCUT2D eigenvalue weighted by Gasteiger charge is 2.07. The van der Waals surface area contributed by atoms with Gasteiger partial charge in [-0.2, -0.15) is 0 Å². The molecule has 2 aromatic rings. The van der Waals surface area contributed by atoms with Gasteiger partial charge in [-0.15, -0.1) is 0 Å². The molecule has 0 saturated carbocycles. The highest BCUT2D eigenvalue weighted by molar-refractivity contribution is 9.10. The third kappa shape index (κ3) is 3.66. The highest BCUT2D eigenvalue weighted by atomic mass is 79.9. The lowest BCUT2D eigenvalue weighted by Gasteiger charge is -2.10. The molecule has 6 heteroatoms. The number of hydrogen-bond donors (Lipinski definition) is 2. The second-order valence-corrected chi connectivity index (χ2v) is 5.77. The van der Waals surface area contributed by atoms with E-state index in [9.17, 15) is 0 Å². The lowest BCUT2D eigenvalue weighted by atomic mass is 10.1. The molecule has 2 aromatic carbocycles. The number of amidine groups is 1. The molecule has 0 radical (unpaired) electrons. The van der Waals surface area contributed by atoms with E-state index in [1.807, 2.05) is 12.1 Å². The predicted molar refractivity (Wildman–Crippen MR) is 86.0 cm³/mol. The number of nitrogens with two attached hydrogens (primary N) is 1. The standard InChI is InChI=1S/C14H11BrCl2N2O/c15-10-5-12(17)13(6-11(10)16)20-7-8-2-1-3-9(4-8)14(18)19/h1-6H,7H2,(H3,18,19). The monoisotopic (exact) mass is 372 g/mol. The molecular formula is C14H11BrCl2N2O. The zero-order valence-corrected chi connectivity index (χ0v) is 13.4. The molecule has 3 nitrogen and oxygen atoms in total. The Morgan fingerprint density at radius 3 is 2.65 bits per heavy atom. The summed E-state index contributed by atoms with van der Waals surface area (Å²) in [6, 6.07) is 10.6. The number of hydrogen-bond acceptors (Lipinski definition) is 2. The molecule has 3 N–H and O–H groups in total.